The molecule has 1 saturated heterocycles. The third-order valence-electron chi connectivity index (χ3n) is 4.56. The minimum absolute atomic E-state index is 0.107. The smallest absolute Gasteiger partial charge is 0.387 e. The number of ether oxygens (including phenoxy) is 2. The van der Waals surface area contributed by atoms with Gasteiger partial charge in [-0.3, -0.25) is 4.90 Å². The van der Waals surface area contributed by atoms with Crippen molar-refractivity contribution >= 4 is 0 Å². The van der Waals surface area contributed by atoms with Crippen LogP contribution < -0.4 is 10.1 Å². The first kappa shape index (κ1) is 19.7. The van der Waals surface area contributed by atoms with Crippen LogP contribution in [0.3, 0.4) is 0 Å². The van der Waals surface area contributed by atoms with Gasteiger partial charge in [-0.15, -0.1) is 0 Å². The van der Waals surface area contributed by atoms with Crippen LogP contribution in [-0.2, 0) is 11.3 Å². The largest absolute Gasteiger partial charge is 0.435 e. The van der Waals surface area contributed by atoms with Gasteiger partial charge in [-0.2, -0.15) is 8.78 Å². The summed E-state index contributed by atoms with van der Waals surface area (Å²) < 4.78 is 47.5. The SMILES string of the molecule is Fc1ccc(C(CNCc2ccc(OC(F)F)cc2)N2CCOCC2)cc1. The summed E-state index contributed by atoms with van der Waals surface area (Å²) in [6, 6.07) is 13.3. The van der Waals surface area contributed by atoms with Crippen LogP contribution in [0.15, 0.2) is 48.5 Å². The number of morpholine rings is 1. The van der Waals surface area contributed by atoms with Crippen molar-refractivity contribution in [3.63, 3.8) is 0 Å². The van der Waals surface area contributed by atoms with Gasteiger partial charge in [0.25, 0.3) is 0 Å². The van der Waals surface area contributed by atoms with Crippen molar-refractivity contribution in [2.45, 2.75) is 19.2 Å². The molecule has 1 aliphatic rings. The predicted octanol–water partition coefficient (Wildman–Crippen LogP) is 3.59. The molecular formula is C20H23F3N2O2. The molecule has 146 valence electrons. The lowest BCUT2D eigenvalue weighted by Crippen LogP contribution is -2.42. The maximum atomic E-state index is 13.3. The number of rotatable bonds is 8. The fourth-order valence-electron chi connectivity index (χ4n) is 3.17. The number of alkyl halides is 2. The van der Waals surface area contributed by atoms with Crippen molar-refractivity contribution in [1.82, 2.24) is 10.2 Å². The van der Waals surface area contributed by atoms with E-state index in [1.54, 1.807) is 12.1 Å². The third-order valence-corrected chi connectivity index (χ3v) is 4.56. The van der Waals surface area contributed by atoms with E-state index >= 15 is 0 Å². The predicted molar refractivity (Wildman–Crippen MR) is 96.3 cm³/mol. The van der Waals surface area contributed by atoms with Gasteiger partial charge in [0.05, 0.1) is 13.2 Å². The molecule has 0 radical (unpaired) electrons. The van der Waals surface area contributed by atoms with E-state index < -0.39 is 6.61 Å². The van der Waals surface area contributed by atoms with Crippen molar-refractivity contribution < 1.29 is 22.6 Å². The summed E-state index contributed by atoms with van der Waals surface area (Å²) in [6.45, 7) is 1.47. The highest BCUT2D eigenvalue weighted by Crippen LogP contribution is 2.22. The molecule has 0 spiro atoms. The van der Waals surface area contributed by atoms with E-state index in [0.29, 0.717) is 26.3 Å². The minimum Gasteiger partial charge on any atom is -0.435 e. The standard InChI is InChI=1S/C20H23F3N2O2/c21-17-5-3-16(4-6-17)19(25-9-11-26-12-10-25)14-24-13-15-1-7-18(8-2-15)27-20(22)23/h1-8,19-20,24H,9-14H2. The Morgan fingerprint density at radius 2 is 1.67 bits per heavy atom. The second-order valence-corrected chi connectivity index (χ2v) is 6.37. The van der Waals surface area contributed by atoms with Gasteiger partial charge >= 0.3 is 6.61 Å². The number of halogens is 3. The highest BCUT2D eigenvalue weighted by molar-refractivity contribution is 5.27. The Balaban J connectivity index is 1.59. The van der Waals surface area contributed by atoms with E-state index in [4.69, 9.17) is 4.74 Å². The van der Waals surface area contributed by atoms with Crippen LogP contribution in [0.5, 0.6) is 5.75 Å². The van der Waals surface area contributed by atoms with Crippen LogP contribution in [0.1, 0.15) is 17.2 Å². The van der Waals surface area contributed by atoms with Crippen LogP contribution in [0.2, 0.25) is 0 Å². The van der Waals surface area contributed by atoms with Gasteiger partial charge in [-0.25, -0.2) is 4.39 Å². The van der Waals surface area contributed by atoms with Gasteiger partial charge in [0.1, 0.15) is 11.6 Å². The molecular weight excluding hydrogens is 357 g/mol. The molecule has 0 bridgehead atoms. The molecule has 0 aliphatic carbocycles. The normalized spacial score (nSPS) is 16.4. The second-order valence-electron chi connectivity index (χ2n) is 6.37. The van der Waals surface area contributed by atoms with Crippen molar-refractivity contribution in [2.24, 2.45) is 0 Å². The minimum atomic E-state index is -2.82. The first-order valence-corrected chi connectivity index (χ1v) is 8.93. The Morgan fingerprint density at radius 1 is 1.00 bits per heavy atom. The molecule has 1 aliphatic heterocycles. The molecule has 0 amide bonds. The first-order valence-electron chi connectivity index (χ1n) is 8.93. The number of nitrogens with zero attached hydrogens (tertiary/aromatic N) is 1. The molecule has 2 aromatic rings. The summed E-state index contributed by atoms with van der Waals surface area (Å²) in [4.78, 5) is 2.32. The molecule has 7 heteroatoms. The van der Waals surface area contributed by atoms with E-state index in [1.165, 1.54) is 24.3 Å². The fourth-order valence-corrected chi connectivity index (χ4v) is 3.17. The lowest BCUT2D eigenvalue weighted by molar-refractivity contribution is -0.0498. The first-order chi connectivity index (χ1) is 13.1. The topological polar surface area (TPSA) is 33.7 Å². The van der Waals surface area contributed by atoms with Gasteiger partial charge < -0.3 is 14.8 Å². The zero-order valence-electron chi connectivity index (χ0n) is 14.9. The van der Waals surface area contributed by atoms with Crippen molar-refractivity contribution in [3.05, 3.63) is 65.5 Å². The summed E-state index contributed by atoms with van der Waals surface area (Å²) in [5.74, 6) is -0.107. The van der Waals surface area contributed by atoms with Gasteiger partial charge in [0.15, 0.2) is 0 Å². The Morgan fingerprint density at radius 3 is 2.30 bits per heavy atom. The van der Waals surface area contributed by atoms with Crippen LogP contribution in [0.4, 0.5) is 13.2 Å². The van der Waals surface area contributed by atoms with E-state index in [-0.39, 0.29) is 17.6 Å². The molecule has 3 rings (SSSR count). The van der Waals surface area contributed by atoms with E-state index in [9.17, 15) is 13.2 Å². The van der Waals surface area contributed by atoms with Crippen molar-refractivity contribution in [3.8, 4) is 5.75 Å². The zero-order valence-corrected chi connectivity index (χ0v) is 14.9. The average molecular weight is 380 g/mol. The van der Waals surface area contributed by atoms with Crippen molar-refractivity contribution in [1.29, 1.82) is 0 Å². The van der Waals surface area contributed by atoms with Gasteiger partial charge in [-0.1, -0.05) is 24.3 Å². The van der Waals surface area contributed by atoms with E-state index in [1.807, 2.05) is 12.1 Å². The van der Waals surface area contributed by atoms with Crippen LogP contribution in [-0.4, -0.2) is 44.4 Å². The van der Waals surface area contributed by atoms with Gasteiger partial charge in [0, 0.05) is 32.2 Å². The molecule has 27 heavy (non-hydrogen) atoms. The number of hydrogen-bond acceptors (Lipinski definition) is 4. The number of nitrogens with one attached hydrogen (secondary N) is 1. The molecule has 2 aromatic carbocycles. The summed E-state index contributed by atoms with van der Waals surface area (Å²) in [6.07, 6.45) is 0. The highest BCUT2D eigenvalue weighted by atomic mass is 19.3. The highest BCUT2D eigenvalue weighted by Gasteiger charge is 2.22. The maximum Gasteiger partial charge on any atom is 0.387 e. The molecule has 0 aromatic heterocycles. The quantitative estimate of drug-likeness (QED) is 0.759. The van der Waals surface area contributed by atoms with Crippen LogP contribution in [0.25, 0.3) is 0 Å². The maximum absolute atomic E-state index is 13.3. The molecule has 1 atom stereocenters. The summed E-state index contributed by atoms with van der Waals surface area (Å²) in [7, 11) is 0. The number of benzene rings is 2. The molecule has 4 nitrogen and oxygen atoms in total. The third kappa shape index (κ3) is 5.95. The molecule has 1 N–H and O–H groups in total. The fraction of sp³-hybridized carbons (Fsp3) is 0.400. The Kier molecular flexibility index (Phi) is 7.09. The summed E-state index contributed by atoms with van der Waals surface area (Å²) >= 11 is 0. The molecule has 0 saturated carbocycles. The van der Waals surface area contributed by atoms with E-state index in [0.717, 1.165) is 24.2 Å². The van der Waals surface area contributed by atoms with Crippen LogP contribution in [0, 0.1) is 5.82 Å². The average Bonchev–Trinajstić information content (AvgIpc) is 2.68. The van der Waals surface area contributed by atoms with Gasteiger partial charge in [0.2, 0.25) is 0 Å². The summed E-state index contributed by atoms with van der Waals surface area (Å²) in [5, 5.41) is 3.41. The summed E-state index contributed by atoms with van der Waals surface area (Å²) in [5.41, 5.74) is 2.02. The van der Waals surface area contributed by atoms with Gasteiger partial charge in [-0.05, 0) is 35.4 Å². The van der Waals surface area contributed by atoms with E-state index in [2.05, 4.69) is 15.0 Å². The Hall–Kier alpha value is -2.09. The Bertz CT molecular complexity index is 689. The van der Waals surface area contributed by atoms with Crippen molar-refractivity contribution in [2.75, 3.05) is 32.8 Å². The Labute approximate surface area is 156 Å². The molecule has 1 fully saturated rings. The molecule has 1 unspecified atom stereocenters. The zero-order chi connectivity index (χ0) is 19.1. The second kappa shape index (κ2) is 9.73. The lowest BCUT2D eigenvalue weighted by Gasteiger charge is -2.35. The lowest BCUT2D eigenvalue weighted by atomic mass is 10.0. The monoisotopic (exact) mass is 380 g/mol. The van der Waals surface area contributed by atoms with Crippen LogP contribution >= 0.6 is 0 Å². The molecule has 1 heterocycles. The number of hydrogen-bond donors (Lipinski definition) is 1.